The lowest BCUT2D eigenvalue weighted by Crippen LogP contribution is -2.45. The molecule has 150 valence electrons. The molecule has 0 bridgehead atoms. The molecule has 1 saturated heterocycles. The third-order valence-corrected chi connectivity index (χ3v) is 5.95. The smallest absolute Gasteiger partial charge is 0.225 e. The maximum atomic E-state index is 12.6. The van der Waals surface area contributed by atoms with E-state index in [2.05, 4.69) is 44.2 Å². The first-order chi connectivity index (χ1) is 13.6. The summed E-state index contributed by atoms with van der Waals surface area (Å²) in [6.07, 6.45) is 7.55. The fraction of sp³-hybridized carbons (Fsp3) is 0.571. The number of fused-ring (bicyclic) bond motifs is 1. The number of carbonyl (C=O) groups excluding carboxylic acids is 1. The molecule has 2 fully saturated rings. The molecule has 7 nitrogen and oxygen atoms in total. The van der Waals surface area contributed by atoms with Crippen LogP contribution < -0.4 is 10.6 Å². The molecule has 2 aromatic rings. The van der Waals surface area contributed by atoms with Crippen molar-refractivity contribution in [1.29, 1.82) is 0 Å². The molecule has 2 N–H and O–H groups in total. The summed E-state index contributed by atoms with van der Waals surface area (Å²) >= 11 is 0. The van der Waals surface area contributed by atoms with Gasteiger partial charge in [0.05, 0.1) is 12.2 Å². The van der Waals surface area contributed by atoms with Gasteiger partial charge in [0.15, 0.2) is 5.96 Å². The van der Waals surface area contributed by atoms with E-state index in [1.807, 2.05) is 17.0 Å². The van der Waals surface area contributed by atoms with Gasteiger partial charge in [-0.3, -0.25) is 9.79 Å². The van der Waals surface area contributed by atoms with E-state index in [4.69, 9.17) is 0 Å². The van der Waals surface area contributed by atoms with Gasteiger partial charge in [0.1, 0.15) is 5.65 Å². The molecule has 1 saturated carbocycles. The number of carbonyl (C=O) groups is 1. The number of nitrogens with one attached hydrogen (secondary N) is 2. The zero-order chi connectivity index (χ0) is 19.5. The Morgan fingerprint density at radius 2 is 2.11 bits per heavy atom. The van der Waals surface area contributed by atoms with E-state index in [-0.39, 0.29) is 12.0 Å². The maximum Gasteiger partial charge on any atom is 0.225 e. The normalized spacial score (nSPS) is 20.9. The first-order valence-corrected chi connectivity index (χ1v) is 10.3. The van der Waals surface area contributed by atoms with Gasteiger partial charge in [-0.15, -0.1) is 0 Å². The van der Waals surface area contributed by atoms with Gasteiger partial charge in [0, 0.05) is 44.0 Å². The molecule has 28 heavy (non-hydrogen) atoms. The predicted molar refractivity (Wildman–Crippen MR) is 110 cm³/mol. The number of aryl methyl sites for hydroxylation is 1. The summed E-state index contributed by atoms with van der Waals surface area (Å²) in [5.74, 6) is 1.37. The van der Waals surface area contributed by atoms with Crippen molar-refractivity contribution in [1.82, 2.24) is 24.9 Å². The lowest BCUT2D eigenvalue weighted by molar-refractivity contribution is -0.134. The molecular formula is C21H30N6O. The number of imidazole rings is 1. The molecule has 7 heteroatoms. The highest BCUT2D eigenvalue weighted by molar-refractivity contribution is 5.81. The van der Waals surface area contributed by atoms with Crippen LogP contribution in [0.2, 0.25) is 0 Å². The van der Waals surface area contributed by atoms with Crippen LogP contribution in [-0.2, 0) is 11.3 Å². The van der Waals surface area contributed by atoms with E-state index < -0.39 is 0 Å². The van der Waals surface area contributed by atoms with Gasteiger partial charge < -0.3 is 19.9 Å². The Hall–Kier alpha value is -2.57. The Labute approximate surface area is 166 Å². The SMILES string of the molecule is CN=C(NCc1cn2c(C)cccc2n1)NC1CCN(C(=O)C2CCCC2)C1. The van der Waals surface area contributed by atoms with Crippen LogP contribution in [0.3, 0.4) is 0 Å². The van der Waals surface area contributed by atoms with Crippen molar-refractivity contribution in [3.63, 3.8) is 0 Å². The molecule has 3 heterocycles. The highest BCUT2D eigenvalue weighted by Gasteiger charge is 2.32. The molecule has 2 aliphatic rings. The Kier molecular flexibility index (Phi) is 5.50. The monoisotopic (exact) mass is 382 g/mol. The van der Waals surface area contributed by atoms with Gasteiger partial charge in [-0.05, 0) is 38.3 Å². The second-order valence-corrected chi connectivity index (χ2v) is 7.95. The lowest BCUT2D eigenvalue weighted by atomic mass is 10.1. The number of amides is 1. The predicted octanol–water partition coefficient (Wildman–Crippen LogP) is 2.10. The molecule has 2 aromatic heterocycles. The van der Waals surface area contributed by atoms with E-state index in [0.29, 0.717) is 12.5 Å². The molecule has 1 aliphatic carbocycles. The van der Waals surface area contributed by atoms with Crippen molar-refractivity contribution in [3.05, 3.63) is 35.8 Å². The average Bonchev–Trinajstić information content (AvgIpc) is 3.45. The van der Waals surface area contributed by atoms with E-state index in [1.165, 1.54) is 12.8 Å². The van der Waals surface area contributed by atoms with Crippen molar-refractivity contribution >= 4 is 17.5 Å². The number of rotatable bonds is 4. The van der Waals surface area contributed by atoms with E-state index in [0.717, 1.165) is 55.3 Å². The highest BCUT2D eigenvalue weighted by Crippen LogP contribution is 2.27. The highest BCUT2D eigenvalue weighted by atomic mass is 16.2. The number of hydrogen-bond donors (Lipinski definition) is 2. The minimum atomic E-state index is 0.250. The number of nitrogens with zero attached hydrogens (tertiary/aromatic N) is 4. The maximum absolute atomic E-state index is 12.6. The number of guanidine groups is 1. The third kappa shape index (κ3) is 3.98. The first kappa shape index (κ1) is 18.8. The minimum absolute atomic E-state index is 0.250. The summed E-state index contributed by atoms with van der Waals surface area (Å²) in [5.41, 5.74) is 3.09. The van der Waals surface area contributed by atoms with Crippen molar-refractivity contribution in [2.45, 2.75) is 51.6 Å². The van der Waals surface area contributed by atoms with Gasteiger partial charge in [-0.2, -0.15) is 0 Å². The van der Waals surface area contributed by atoms with E-state index >= 15 is 0 Å². The standard InChI is InChI=1S/C21H30N6O/c1-15-6-5-9-19-24-18(14-27(15)19)12-23-21(22-2)25-17-10-11-26(13-17)20(28)16-7-3-4-8-16/h5-6,9,14,16-17H,3-4,7-8,10-13H2,1-2H3,(H2,22,23,25). The second kappa shape index (κ2) is 8.20. The van der Waals surface area contributed by atoms with Crippen LogP contribution in [0.5, 0.6) is 0 Å². The van der Waals surface area contributed by atoms with E-state index in [9.17, 15) is 4.79 Å². The molecule has 1 amide bonds. The zero-order valence-electron chi connectivity index (χ0n) is 16.8. The number of aliphatic imine (C=N–C) groups is 1. The number of pyridine rings is 1. The topological polar surface area (TPSA) is 74.0 Å². The summed E-state index contributed by atoms with van der Waals surface area (Å²) in [4.78, 5) is 23.6. The van der Waals surface area contributed by atoms with Gasteiger partial charge >= 0.3 is 0 Å². The Balaban J connectivity index is 1.30. The van der Waals surface area contributed by atoms with Gasteiger partial charge in [0.25, 0.3) is 0 Å². The van der Waals surface area contributed by atoms with Crippen LogP contribution in [0.15, 0.2) is 29.4 Å². The molecule has 4 rings (SSSR count). The van der Waals surface area contributed by atoms with Gasteiger partial charge in [0.2, 0.25) is 5.91 Å². The summed E-state index contributed by atoms with van der Waals surface area (Å²) < 4.78 is 2.09. The van der Waals surface area contributed by atoms with E-state index in [1.54, 1.807) is 7.05 Å². The van der Waals surface area contributed by atoms with Crippen molar-refractivity contribution in [3.8, 4) is 0 Å². The van der Waals surface area contributed by atoms with Crippen molar-refractivity contribution in [2.24, 2.45) is 10.9 Å². The van der Waals surface area contributed by atoms with Crippen LogP contribution in [-0.4, -0.2) is 52.3 Å². The summed E-state index contributed by atoms with van der Waals surface area (Å²) in [7, 11) is 1.78. The Morgan fingerprint density at radius 1 is 1.29 bits per heavy atom. The number of aromatic nitrogens is 2. The van der Waals surface area contributed by atoms with Crippen LogP contribution in [0.1, 0.15) is 43.5 Å². The molecule has 1 unspecified atom stereocenters. The fourth-order valence-corrected chi connectivity index (χ4v) is 4.36. The van der Waals surface area contributed by atoms with Gasteiger partial charge in [-0.1, -0.05) is 18.9 Å². The molecule has 0 spiro atoms. The van der Waals surface area contributed by atoms with Crippen LogP contribution >= 0.6 is 0 Å². The lowest BCUT2D eigenvalue weighted by Gasteiger charge is -2.21. The van der Waals surface area contributed by atoms with Crippen LogP contribution in [0.4, 0.5) is 0 Å². The minimum Gasteiger partial charge on any atom is -0.352 e. The van der Waals surface area contributed by atoms with Gasteiger partial charge in [-0.25, -0.2) is 4.98 Å². The Morgan fingerprint density at radius 3 is 2.86 bits per heavy atom. The Bertz CT molecular complexity index is 867. The molecule has 1 atom stereocenters. The zero-order valence-corrected chi connectivity index (χ0v) is 16.8. The average molecular weight is 383 g/mol. The fourth-order valence-electron chi connectivity index (χ4n) is 4.36. The molecule has 0 radical (unpaired) electrons. The summed E-state index contributed by atoms with van der Waals surface area (Å²) in [5, 5.41) is 6.82. The molecular weight excluding hydrogens is 352 g/mol. The van der Waals surface area contributed by atoms with Crippen molar-refractivity contribution in [2.75, 3.05) is 20.1 Å². The number of likely N-dealkylation sites (tertiary alicyclic amines) is 1. The van der Waals surface area contributed by atoms with Crippen LogP contribution in [0, 0.1) is 12.8 Å². The van der Waals surface area contributed by atoms with Crippen LogP contribution in [0.25, 0.3) is 5.65 Å². The largest absolute Gasteiger partial charge is 0.352 e. The number of hydrogen-bond acceptors (Lipinski definition) is 3. The first-order valence-electron chi connectivity index (χ1n) is 10.3. The third-order valence-electron chi connectivity index (χ3n) is 5.95. The second-order valence-electron chi connectivity index (χ2n) is 7.95. The van der Waals surface area contributed by atoms with Crippen molar-refractivity contribution < 1.29 is 4.79 Å². The molecule has 1 aliphatic heterocycles. The quantitative estimate of drug-likeness (QED) is 0.627. The summed E-state index contributed by atoms with van der Waals surface area (Å²) in [6, 6.07) is 6.36. The summed E-state index contributed by atoms with van der Waals surface area (Å²) in [6.45, 7) is 4.29. The molecule has 0 aromatic carbocycles.